The van der Waals surface area contributed by atoms with Gasteiger partial charge in [0.15, 0.2) is 0 Å². The van der Waals surface area contributed by atoms with Crippen molar-refractivity contribution in [2.24, 2.45) is 5.92 Å². The van der Waals surface area contributed by atoms with Crippen LogP contribution in [-0.2, 0) is 29.2 Å². The third-order valence-electron chi connectivity index (χ3n) is 4.60. The first kappa shape index (κ1) is 20.3. The molecule has 0 spiro atoms. The molecule has 0 bridgehead atoms. The number of hydrogen-bond donors (Lipinski definition) is 1. The molecule has 9 nitrogen and oxygen atoms in total. The molecule has 0 amide bonds. The van der Waals surface area contributed by atoms with Gasteiger partial charge in [-0.2, -0.15) is 18.3 Å². The zero-order valence-corrected chi connectivity index (χ0v) is 15.0. The summed E-state index contributed by atoms with van der Waals surface area (Å²) in [6, 6.07) is 0. The Hall–Kier alpha value is -2.47. The average molecular weight is 402 g/mol. The van der Waals surface area contributed by atoms with Crippen LogP contribution in [0.4, 0.5) is 13.2 Å². The van der Waals surface area contributed by atoms with Gasteiger partial charge in [-0.1, -0.05) is 0 Å². The SMILES string of the molecule is O=C(O)C(F)(F)F.c1ncn(Cc2cnc3n2CCN(CC2CCOC2)C3)n1. The highest BCUT2D eigenvalue weighted by Gasteiger charge is 2.38. The lowest BCUT2D eigenvalue weighted by Crippen LogP contribution is -2.37. The van der Waals surface area contributed by atoms with E-state index in [1.807, 2.05) is 10.9 Å². The smallest absolute Gasteiger partial charge is 0.475 e. The second kappa shape index (κ2) is 8.69. The van der Waals surface area contributed by atoms with Crippen LogP contribution in [0.3, 0.4) is 0 Å². The van der Waals surface area contributed by atoms with Crippen LogP contribution in [-0.4, -0.2) is 72.8 Å². The van der Waals surface area contributed by atoms with E-state index in [-0.39, 0.29) is 0 Å². The summed E-state index contributed by atoms with van der Waals surface area (Å²) in [4.78, 5) is 20.0. The van der Waals surface area contributed by atoms with Crippen molar-refractivity contribution in [3.05, 3.63) is 30.4 Å². The van der Waals surface area contributed by atoms with Crippen molar-refractivity contribution in [2.75, 3.05) is 26.3 Å². The topological polar surface area (TPSA) is 98.3 Å². The number of aliphatic carboxylic acids is 1. The molecule has 1 N–H and O–H groups in total. The Morgan fingerprint density at radius 2 is 2.14 bits per heavy atom. The summed E-state index contributed by atoms with van der Waals surface area (Å²) in [5, 5.41) is 11.3. The molecule has 4 rings (SSSR count). The number of fused-ring (bicyclic) bond motifs is 1. The average Bonchev–Trinajstić information content (AvgIpc) is 3.38. The molecule has 0 aliphatic carbocycles. The van der Waals surface area contributed by atoms with E-state index < -0.39 is 12.1 Å². The maximum atomic E-state index is 10.6. The third-order valence-corrected chi connectivity index (χ3v) is 4.60. The first-order valence-corrected chi connectivity index (χ1v) is 8.79. The van der Waals surface area contributed by atoms with Gasteiger partial charge in [0.2, 0.25) is 0 Å². The predicted molar refractivity (Wildman–Crippen MR) is 89.2 cm³/mol. The molecule has 1 fully saturated rings. The summed E-state index contributed by atoms with van der Waals surface area (Å²) < 4.78 is 41.4. The van der Waals surface area contributed by atoms with Gasteiger partial charge in [-0.05, 0) is 12.3 Å². The van der Waals surface area contributed by atoms with Gasteiger partial charge in [0, 0.05) is 26.2 Å². The van der Waals surface area contributed by atoms with Gasteiger partial charge in [0.1, 0.15) is 18.5 Å². The summed E-state index contributed by atoms with van der Waals surface area (Å²) in [5.41, 5.74) is 1.21. The van der Waals surface area contributed by atoms with Gasteiger partial charge in [0.05, 0.1) is 31.6 Å². The number of aromatic nitrogens is 5. The van der Waals surface area contributed by atoms with Crippen molar-refractivity contribution in [3.8, 4) is 0 Å². The summed E-state index contributed by atoms with van der Waals surface area (Å²) in [6.07, 6.45) is 1.40. The lowest BCUT2D eigenvalue weighted by Gasteiger charge is -2.30. The van der Waals surface area contributed by atoms with Gasteiger partial charge in [-0.15, -0.1) is 0 Å². The Balaban J connectivity index is 0.000000279. The third kappa shape index (κ3) is 5.29. The fraction of sp³-hybridized carbons (Fsp3) is 0.625. The molecule has 28 heavy (non-hydrogen) atoms. The molecule has 1 saturated heterocycles. The van der Waals surface area contributed by atoms with Crippen molar-refractivity contribution >= 4 is 5.97 Å². The molecule has 4 heterocycles. The number of halogens is 3. The minimum atomic E-state index is -5.08. The lowest BCUT2D eigenvalue weighted by molar-refractivity contribution is -0.192. The Bertz CT molecular complexity index is 771. The Kier molecular flexibility index (Phi) is 6.29. The molecule has 0 aromatic carbocycles. The van der Waals surface area contributed by atoms with Gasteiger partial charge in [0.25, 0.3) is 0 Å². The highest BCUT2D eigenvalue weighted by molar-refractivity contribution is 5.73. The van der Waals surface area contributed by atoms with Crippen molar-refractivity contribution in [1.82, 2.24) is 29.2 Å². The first-order chi connectivity index (χ1) is 13.3. The number of alkyl halides is 3. The van der Waals surface area contributed by atoms with Gasteiger partial charge in [-0.25, -0.2) is 19.4 Å². The number of rotatable bonds is 4. The lowest BCUT2D eigenvalue weighted by atomic mass is 10.1. The number of ether oxygens (including phenoxy) is 1. The molecule has 0 radical (unpaired) electrons. The molecule has 1 atom stereocenters. The Labute approximate surface area is 158 Å². The monoisotopic (exact) mass is 402 g/mol. The van der Waals surface area contributed by atoms with E-state index in [1.165, 1.54) is 12.1 Å². The molecule has 154 valence electrons. The maximum Gasteiger partial charge on any atom is 0.490 e. The standard InChI is InChI=1S/C14H20N6O.C2HF3O2/c1-4-21-9-12(1)6-18-2-3-20-13(5-16-14(20)8-18)7-19-11-15-10-17-19;3-2(4,5)1(6)7/h5,10-12H,1-4,6-9H2;(H,6,7). The van der Waals surface area contributed by atoms with Crippen molar-refractivity contribution in [3.63, 3.8) is 0 Å². The van der Waals surface area contributed by atoms with Gasteiger partial charge in [-0.3, -0.25) is 4.90 Å². The van der Waals surface area contributed by atoms with Crippen LogP contribution in [0.15, 0.2) is 18.9 Å². The summed E-state index contributed by atoms with van der Waals surface area (Å²) >= 11 is 0. The zero-order chi connectivity index (χ0) is 20.1. The predicted octanol–water partition coefficient (Wildman–Crippen LogP) is 1.01. The van der Waals surface area contributed by atoms with Crippen LogP contribution in [0.5, 0.6) is 0 Å². The molecular weight excluding hydrogens is 381 g/mol. The van der Waals surface area contributed by atoms with E-state index in [0.717, 1.165) is 51.8 Å². The van der Waals surface area contributed by atoms with E-state index in [2.05, 4.69) is 24.5 Å². The van der Waals surface area contributed by atoms with Crippen LogP contribution < -0.4 is 0 Å². The normalized spacial score (nSPS) is 19.8. The molecular formula is C16H21F3N6O3. The Morgan fingerprint density at radius 3 is 2.75 bits per heavy atom. The molecule has 2 aromatic rings. The first-order valence-electron chi connectivity index (χ1n) is 8.79. The number of carboxylic acid groups (broad SMARTS) is 1. The highest BCUT2D eigenvalue weighted by atomic mass is 19.4. The van der Waals surface area contributed by atoms with Crippen molar-refractivity contribution in [1.29, 1.82) is 0 Å². The fourth-order valence-electron chi connectivity index (χ4n) is 3.23. The second-order valence-electron chi connectivity index (χ2n) is 6.68. The van der Waals surface area contributed by atoms with Crippen LogP contribution in [0.2, 0.25) is 0 Å². The fourth-order valence-corrected chi connectivity index (χ4v) is 3.23. The molecule has 2 aromatic heterocycles. The summed E-state index contributed by atoms with van der Waals surface area (Å²) in [7, 11) is 0. The summed E-state index contributed by atoms with van der Waals surface area (Å²) in [5.74, 6) is -0.899. The quantitative estimate of drug-likeness (QED) is 0.815. The Morgan fingerprint density at radius 1 is 1.36 bits per heavy atom. The molecule has 0 saturated carbocycles. The number of carboxylic acids is 1. The number of nitrogens with zero attached hydrogens (tertiary/aromatic N) is 6. The van der Waals surface area contributed by atoms with Crippen LogP contribution in [0.25, 0.3) is 0 Å². The largest absolute Gasteiger partial charge is 0.490 e. The van der Waals surface area contributed by atoms with E-state index in [1.54, 1.807) is 12.7 Å². The van der Waals surface area contributed by atoms with E-state index >= 15 is 0 Å². The van der Waals surface area contributed by atoms with Crippen LogP contribution in [0.1, 0.15) is 17.9 Å². The molecule has 1 unspecified atom stereocenters. The molecule has 12 heteroatoms. The number of imidazole rings is 1. The van der Waals surface area contributed by atoms with Gasteiger partial charge >= 0.3 is 12.1 Å². The van der Waals surface area contributed by atoms with Crippen molar-refractivity contribution in [2.45, 2.75) is 32.2 Å². The number of hydrogen-bond acceptors (Lipinski definition) is 6. The molecule has 2 aliphatic heterocycles. The van der Waals surface area contributed by atoms with Crippen molar-refractivity contribution < 1.29 is 27.8 Å². The molecule has 2 aliphatic rings. The van der Waals surface area contributed by atoms with E-state index in [0.29, 0.717) is 5.92 Å². The maximum absolute atomic E-state index is 10.6. The van der Waals surface area contributed by atoms with Crippen LogP contribution >= 0.6 is 0 Å². The minimum Gasteiger partial charge on any atom is -0.475 e. The summed E-state index contributed by atoms with van der Waals surface area (Å²) in [6.45, 7) is 6.75. The van der Waals surface area contributed by atoms with Crippen LogP contribution in [0, 0.1) is 5.92 Å². The van der Waals surface area contributed by atoms with E-state index in [4.69, 9.17) is 14.6 Å². The van der Waals surface area contributed by atoms with Gasteiger partial charge < -0.3 is 14.4 Å². The minimum absolute atomic E-state index is 0.695. The highest BCUT2D eigenvalue weighted by Crippen LogP contribution is 2.19. The number of carbonyl (C=O) groups is 1. The zero-order valence-electron chi connectivity index (χ0n) is 15.0. The van der Waals surface area contributed by atoms with E-state index in [9.17, 15) is 13.2 Å². The second-order valence-corrected chi connectivity index (χ2v) is 6.68.